The smallest absolute Gasteiger partial charge is 0.337 e. The molecule has 0 aliphatic heterocycles. The number of hydrogen-bond donors (Lipinski definition) is 2. The van der Waals surface area contributed by atoms with Crippen molar-refractivity contribution in [1.29, 1.82) is 0 Å². The van der Waals surface area contributed by atoms with Crippen LogP contribution in [0, 0.1) is 22.1 Å². The van der Waals surface area contributed by atoms with Crippen LogP contribution in [-0.4, -0.2) is 20.9 Å². The zero-order valence-corrected chi connectivity index (χ0v) is 14.9. The molecule has 8 heteroatoms. The number of carbonyl (C=O) groups is 1. The number of anilines is 2. The Labute approximate surface area is 149 Å². The molecule has 0 saturated heterocycles. The number of benzene rings is 2. The lowest BCUT2D eigenvalue weighted by Crippen LogP contribution is -2.06. The Kier molecular flexibility index (Phi) is 4.16. The van der Waals surface area contributed by atoms with Crippen LogP contribution in [0.25, 0.3) is 10.9 Å². The van der Waals surface area contributed by atoms with Crippen molar-refractivity contribution < 1.29 is 18.7 Å². The van der Waals surface area contributed by atoms with Gasteiger partial charge in [0, 0.05) is 21.7 Å². The molecule has 0 bridgehead atoms. The van der Waals surface area contributed by atoms with E-state index in [0.717, 1.165) is 0 Å². The summed E-state index contributed by atoms with van der Waals surface area (Å²) in [6, 6.07) is 5.67. The van der Waals surface area contributed by atoms with E-state index >= 15 is 0 Å². The summed E-state index contributed by atoms with van der Waals surface area (Å²) in [5.41, 5.74) is 0.0675. The maximum Gasteiger partial charge on any atom is 0.337 e. The lowest BCUT2D eigenvalue weighted by atomic mass is 10.1. The van der Waals surface area contributed by atoms with Crippen LogP contribution >= 0.6 is 22.6 Å². The van der Waals surface area contributed by atoms with Crippen molar-refractivity contribution in [2.24, 2.45) is 7.05 Å². The molecule has 2 N–H and O–H groups in total. The summed E-state index contributed by atoms with van der Waals surface area (Å²) in [7, 11) is 1.64. The molecule has 2 aromatic carbocycles. The van der Waals surface area contributed by atoms with Gasteiger partial charge in [-0.2, -0.15) is 5.10 Å². The molecule has 24 heavy (non-hydrogen) atoms. The Hall–Kier alpha value is -2.23. The molecule has 0 atom stereocenters. The SMILES string of the molecule is Cc1c2cc(C(=O)O)c(Nc3ccc(I)cc3F)c(F)c2nn1C. The molecule has 5 nitrogen and oxygen atoms in total. The number of aromatic nitrogens is 2. The van der Waals surface area contributed by atoms with E-state index in [1.54, 1.807) is 20.0 Å². The number of hydrogen-bond acceptors (Lipinski definition) is 3. The number of halogens is 3. The predicted molar refractivity (Wildman–Crippen MR) is 94.8 cm³/mol. The third-order valence-corrected chi connectivity index (χ3v) is 4.46. The first-order chi connectivity index (χ1) is 11.3. The van der Waals surface area contributed by atoms with Gasteiger partial charge in [-0.3, -0.25) is 4.68 Å². The van der Waals surface area contributed by atoms with Gasteiger partial charge in [0.05, 0.1) is 16.9 Å². The number of carboxylic acid groups (broad SMARTS) is 1. The van der Waals surface area contributed by atoms with Crippen molar-refractivity contribution in [3.63, 3.8) is 0 Å². The highest BCUT2D eigenvalue weighted by Crippen LogP contribution is 2.33. The van der Waals surface area contributed by atoms with Gasteiger partial charge in [0.25, 0.3) is 0 Å². The third kappa shape index (κ3) is 2.70. The monoisotopic (exact) mass is 443 g/mol. The highest BCUT2D eigenvalue weighted by atomic mass is 127. The van der Waals surface area contributed by atoms with E-state index in [0.29, 0.717) is 14.7 Å². The van der Waals surface area contributed by atoms with Gasteiger partial charge in [0.1, 0.15) is 11.3 Å². The molecule has 0 spiro atoms. The Morgan fingerprint density at radius 1 is 1.33 bits per heavy atom. The van der Waals surface area contributed by atoms with Crippen molar-refractivity contribution in [1.82, 2.24) is 9.78 Å². The zero-order valence-electron chi connectivity index (χ0n) is 12.7. The number of nitrogens with zero attached hydrogens (tertiary/aromatic N) is 2. The summed E-state index contributed by atoms with van der Waals surface area (Å²) in [6.07, 6.45) is 0. The minimum Gasteiger partial charge on any atom is -0.478 e. The summed E-state index contributed by atoms with van der Waals surface area (Å²) in [5.74, 6) is -2.74. The number of fused-ring (bicyclic) bond motifs is 1. The van der Waals surface area contributed by atoms with Gasteiger partial charge in [-0.25, -0.2) is 13.6 Å². The van der Waals surface area contributed by atoms with Crippen molar-refractivity contribution in [3.05, 3.63) is 50.7 Å². The standard InChI is InChI=1S/C16H12F2IN3O2/c1-7-9-6-10(16(23)24)14(13(18)15(9)21-22(7)2)20-12-4-3-8(19)5-11(12)17/h3-6,20H,1-2H3,(H,23,24). The lowest BCUT2D eigenvalue weighted by Gasteiger charge is -2.12. The Bertz CT molecular complexity index is 985. The summed E-state index contributed by atoms with van der Waals surface area (Å²) in [5, 5.41) is 16.4. The average Bonchev–Trinajstić information content (AvgIpc) is 2.80. The molecule has 0 amide bonds. The first-order valence-electron chi connectivity index (χ1n) is 6.90. The number of nitrogens with one attached hydrogen (secondary N) is 1. The molecule has 0 unspecified atom stereocenters. The van der Waals surface area contributed by atoms with E-state index in [9.17, 15) is 18.7 Å². The topological polar surface area (TPSA) is 67.2 Å². The van der Waals surface area contributed by atoms with Crippen molar-refractivity contribution >= 4 is 50.8 Å². The van der Waals surface area contributed by atoms with Crippen LogP contribution in [-0.2, 0) is 7.05 Å². The second kappa shape index (κ2) is 6.00. The van der Waals surface area contributed by atoms with Gasteiger partial charge in [-0.1, -0.05) is 0 Å². The van der Waals surface area contributed by atoms with E-state index in [4.69, 9.17) is 0 Å². The lowest BCUT2D eigenvalue weighted by molar-refractivity contribution is 0.0697. The third-order valence-electron chi connectivity index (χ3n) is 3.79. The number of carboxylic acids is 1. The van der Waals surface area contributed by atoms with Gasteiger partial charge < -0.3 is 10.4 Å². The minimum absolute atomic E-state index is 0.0104. The van der Waals surface area contributed by atoms with E-state index in [2.05, 4.69) is 10.4 Å². The normalized spacial score (nSPS) is 11.0. The number of aryl methyl sites for hydroxylation is 2. The van der Waals surface area contributed by atoms with Gasteiger partial charge in [-0.15, -0.1) is 0 Å². The molecule has 0 fully saturated rings. The molecule has 124 valence electrons. The minimum atomic E-state index is -1.31. The molecule has 3 aromatic rings. The van der Waals surface area contributed by atoms with Crippen molar-refractivity contribution in [2.45, 2.75) is 6.92 Å². The average molecular weight is 443 g/mol. The van der Waals surface area contributed by atoms with Gasteiger partial charge in [-0.05, 0) is 53.8 Å². The Balaban J connectivity index is 2.24. The van der Waals surface area contributed by atoms with Crippen LogP contribution < -0.4 is 5.32 Å². The summed E-state index contributed by atoms with van der Waals surface area (Å²) >= 11 is 1.95. The second-order valence-electron chi connectivity index (χ2n) is 5.27. The summed E-state index contributed by atoms with van der Waals surface area (Å²) in [6.45, 7) is 1.71. The van der Waals surface area contributed by atoms with Crippen LogP contribution in [0.2, 0.25) is 0 Å². The number of rotatable bonds is 3. The van der Waals surface area contributed by atoms with Gasteiger partial charge >= 0.3 is 5.97 Å². The molecule has 3 rings (SSSR count). The maximum absolute atomic E-state index is 14.9. The largest absolute Gasteiger partial charge is 0.478 e. The molecule has 0 saturated carbocycles. The van der Waals surface area contributed by atoms with E-state index in [-0.39, 0.29) is 22.5 Å². The Morgan fingerprint density at radius 3 is 2.67 bits per heavy atom. The van der Waals surface area contributed by atoms with E-state index < -0.39 is 17.6 Å². The fourth-order valence-corrected chi connectivity index (χ4v) is 2.88. The van der Waals surface area contributed by atoms with E-state index in [1.165, 1.54) is 22.9 Å². The molecule has 0 radical (unpaired) electrons. The quantitative estimate of drug-likeness (QED) is 0.596. The molecule has 1 aromatic heterocycles. The maximum atomic E-state index is 14.9. The Morgan fingerprint density at radius 2 is 2.04 bits per heavy atom. The first kappa shape index (κ1) is 16.6. The van der Waals surface area contributed by atoms with Crippen LogP contribution in [0.15, 0.2) is 24.3 Å². The van der Waals surface area contributed by atoms with E-state index in [1.807, 2.05) is 22.6 Å². The molecule has 1 heterocycles. The predicted octanol–water partition coefficient (Wildman–Crippen LogP) is 4.21. The second-order valence-corrected chi connectivity index (χ2v) is 6.52. The molecule has 0 aliphatic carbocycles. The molecular formula is C16H12F2IN3O2. The number of aromatic carboxylic acids is 1. The molecular weight excluding hydrogens is 431 g/mol. The fraction of sp³-hybridized carbons (Fsp3) is 0.125. The van der Waals surface area contributed by atoms with Crippen LogP contribution in [0.4, 0.5) is 20.2 Å². The van der Waals surface area contributed by atoms with Crippen molar-refractivity contribution in [2.75, 3.05) is 5.32 Å². The summed E-state index contributed by atoms with van der Waals surface area (Å²) in [4.78, 5) is 11.5. The highest BCUT2D eigenvalue weighted by Gasteiger charge is 2.22. The van der Waals surface area contributed by atoms with Gasteiger partial charge in [0.15, 0.2) is 5.82 Å². The van der Waals surface area contributed by atoms with Crippen LogP contribution in [0.3, 0.4) is 0 Å². The van der Waals surface area contributed by atoms with Gasteiger partial charge in [0.2, 0.25) is 0 Å². The zero-order chi connectivity index (χ0) is 17.6. The van der Waals surface area contributed by atoms with Crippen molar-refractivity contribution in [3.8, 4) is 0 Å². The van der Waals surface area contributed by atoms with Crippen LogP contribution in [0.5, 0.6) is 0 Å². The van der Waals surface area contributed by atoms with Crippen LogP contribution in [0.1, 0.15) is 16.1 Å². The summed E-state index contributed by atoms with van der Waals surface area (Å²) < 4.78 is 31.0. The highest BCUT2D eigenvalue weighted by molar-refractivity contribution is 14.1. The first-order valence-corrected chi connectivity index (χ1v) is 7.98. The molecule has 0 aliphatic rings. The fourth-order valence-electron chi connectivity index (χ4n) is 2.43.